The summed E-state index contributed by atoms with van der Waals surface area (Å²) in [5, 5.41) is 2.70. The number of hydrogen-bond donors (Lipinski definition) is 1. The fraction of sp³-hybridized carbons (Fsp3) is 0.667. The van der Waals surface area contributed by atoms with Crippen molar-refractivity contribution in [2.24, 2.45) is 0 Å². The lowest BCUT2D eigenvalue weighted by atomic mass is 10.6. The van der Waals surface area contributed by atoms with Crippen LogP contribution in [-0.2, 0) is 9.53 Å². The van der Waals surface area contributed by atoms with Gasteiger partial charge in [0.05, 0.1) is 6.67 Å². The molecule has 0 unspecified atom stereocenters. The summed E-state index contributed by atoms with van der Waals surface area (Å²) >= 11 is 0. The second-order valence-corrected chi connectivity index (χ2v) is 2.57. The SMILES string of the molecule is O=C(OC(=O)C(F)(F)F)N1CCNC1. The van der Waals surface area contributed by atoms with Crippen LogP contribution < -0.4 is 5.32 Å². The quantitative estimate of drug-likeness (QED) is 0.456. The molecule has 14 heavy (non-hydrogen) atoms. The molecule has 8 heteroatoms. The summed E-state index contributed by atoms with van der Waals surface area (Å²) < 4.78 is 38.5. The van der Waals surface area contributed by atoms with Crippen molar-refractivity contribution in [3.63, 3.8) is 0 Å². The van der Waals surface area contributed by atoms with Gasteiger partial charge in [0.1, 0.15) is 0 Å². The van der Waals surface area contributed by atoms with Gasteiger partial charge in [-0.05, 0) is 0 Å². The molecule has 0 aromatic rings. The van der Waals surface area contributed by atoms with Gasteiger partial charge in [0.15, 0.2) is 0 Å². The molecule has 0 atom stereocenters. The van der Waals surface area contributed by atoms with Gasteiger partial charge in [0.2, 0.25) is 0 Å². The number of carbonyl (C=O) groups is 2. The molecule has 0 aliphatic carbocycles. The van der Waals surface area contributed by atoms with E-state index in [9.17, 15) is 22.8 Å². The van der Waals surface area contributed by atoms with Crippen molar-refractivity contribution in [2.45, 2.75) is 6.18 Å². The minimum Gasteiger partial charge on any atom is -0.369 e. The Labute approximate surface area is 76.8 Å². The molecule has 0 spiro atoms. The molecule has 0 saturated carbocycles. The molecule has 0 aromatic heterocycles. The van der Waals surface area contributed by atoms with Crippen LogP contribution in [0.3, 0.4) is 0 Å². The van der Waals surface area contributed by atoms with Crippen molar-refractivity contribution in [2.75, 3.05) is 19.8 Å². The Morgan fingerprint density at radius 1 is 1.36 bits per heavy atom. The van der Waals surface area contributed by atoms with E-state index in [4.69, 9.17) is 0 Å². The fourth-order valence-electron chi connectivity index (χ4n) is 0.865. The highest BCUT2D eigenvalue weighted by atomic mass is 19.4. The van der Waals surface area contributed by atoms with Gasteiger partial charge in [-0.3, -0.25) is 10.2 Å². The average Bonchev–Trinajstić information content (AvgIpc) is 2.53. The summed E-state index contributed by atoms with van der Waals surface area (Å²) in [5.74, 6) is -2.49. The van der Waals surface area contributed by atoms with E-state index in [2.05, 4.69) is 10.1 Å². The Morgan fingerprint density at radius 3 is 2.43 bits per heavy atom. The Balaban J connectivity index is 2.44. The predicted molar refractivity (Wildman–Crippen MR) is 37.1 cm³/mol. The number of alkyl halides is 3. The second kappa shape index (κ2) is 3.82. The first kappa shape index (κ1) is 10.8. The Bertz CT molecular complexity index is 247. The lowest BCUT2D eigenvalue weighted by molar-refractivity contribution is -0.193. The van der Waals surface area contributed by atoms with Crippen LogP contribution in [0.15, 0.2) is 0 Å². The second-order valence-electron chi connectivity index (χ2n) is 2.57. The van der Waals surface area contributed by atoms with Crippen LogP contribution in [0.4, 0.5) is 18.0 Å². The smallest absolute Gasteiger partial charge is 0.369 e. The van der Waals surface area contributed by atoms with E-state index in [1.165, 1.54) is 0 Å². The molecule has 0 radical (unpaired) electrons. The van der Waals surface area contributed by atoms with E-state index in [0.717, 1.165) is 4.90 Å². The third-order valence-corrected chi connectivity index (χ3v) is 1.53. The summed E-state index contributed by atoms with van der Waals surface area (Å²) in [6.45, 7) is 0.781. The number of hydrogen-bond acceptors (Lipinski definition) is 4. The molecule has 1 saturated heterocycles. The molecule has 1 rings (SSSR count). The van der Waals surface area contributed by atoms with Crippen LogP contribution in [0.5, 0.6) is 0 Å². The van der Waals surface area contributed by atoms with E-state index < -0.39 is 18.2 Å². The minimum atomic E-state index is -5.14. The van der Waals surface area contributed by atoms with Crippen LogP contribution in [0.1, 0.15) is 0 Å². The molecule has 1 aliphatic heterocycles. The van der Waals surface area contributed by atoms with Gasteiger partial charge < -0.3 is 4.74 Å². The van der Waals surface area contributed by atoms with Crippen molar-refractivity contribution in [3.8, 4) is 0 Å². The molecule has 5 nitrogen and oxygen atoms in total. The molecule has 1 N–H and O–H groups in total. The zero-order valence-electron chi connectivity index (χ0n) is 6.93. The van der Waals surface area contributed by atoms with Gasteiger partial charge in [-0.2, -0.15) is 13.2 Å². The lowest BCUT2D eigenvalue weighted by Gasteiger charge is -2.13. The highest BCUT2D eigenvalue weighted by Crippen LogP contribution is 2.17. The van der Waals surface area contributed by atoms with Crippen molar-refractivity contribution < 1.29 is 27.5 Å². The van der Waals surface area contributed by atoms with Gasteiger partial charge in [-0.15, -0.1) is 0 Å². The molecule has 0 aromatic carbocycles. The summed E-state index contributed by atoms with van der Waals surface area (Å²) in [6.07, 6.45) is -6.42. The van der Waals surface area contributed by atoms with Gasteiger partial charge in [-0.25, -0.2) is 9.59 Å². The maximum atomic E-state index is 11.6. The monoisotopic (exact) mass is 212 g/mol. The van der Waals surface area contributed by atoms with Crippen molar-refractivity contribution in [1.82, 2.24) is 10.2 Å². The number of nitrogens with one attached hydrogen (secondary N) is 1. The number of amides is 1. The highest BCUT2D eigenvalue weighted by molar-refractivity contribution is 5.87. The Hall–Kier alpha value is -1.31. The van der Waals surface area contributed by atoms with Gasteiger partial charge in [0, 0.05) is 13.1 Å². The summed E-state index contributed by atoms with van der Waals surface area (Å²) in [5.41, 5.74) is 0. The number of halogens is 3. The molecule has 0 bridgehead atoms. The maximum Gasteiger partial charge on any atom is 0.491 e. The minimum absolute atomic E-state index is 0.0873. The molecule has 1 aliphatic rings. The first-order valence-corrected chi connectivity index (χ1v) is 3.70. The number of rotatable bonds is 0. The summed E-state index contributed by atoms with van der Waals surface area (Å²) in [7, 11) is 0. The number of nitrogens with zero attached hydrogens (tertiary/aromatic N) is 1. The third kappa shape index (κ3) is 2.59. The standard InChI is InChI=1S/C6H7F3N2O3/c7-6(8,9)4(12)14-5(13)11-2-1-10-3-11/h10H,1-3H2. The molecular formula is C6H7F3N2O3. The summed E-state index contributed by atoms with van der Waals surface area (Å²) in [4.78, 5) is 22.0. The maximum absolute atomic E-state index is 11.6. The van der Waals surface area contributed by atoms with E-state index in [1.807, 2.05) is 0 Å². The van der Waals surface area contributed by atoms with E-state index >= 15 is 0 Å². The van der Waals surface area contributed by atoms with Crippen LogP contribution in [0.25, 0.3) is 0 Å². The molecule has 80 valence electrons. The first-order chi connectivity index (χ1) is 6.41. The van der Waals surface area contributed by atoms with Crippen molar-refractivity contribution in [3.05, 3.63) is 0 Å². The van der Waals surface area contributed by atoms with Crippen LogP contribution in [0.2, 0.25) is 0 Å². The molecular weight excluding hydrogens is 205 g/mol. The number of carbonyl (C=O) groups excluding carboxylic acids is 2. The van der Waals surface area contributed by atoms with Gasteiger partial charge >= 0.3 is 18.2 Å². The van der Waals surface area contributed by atoms with E-state index in [1.54, 1.807) is 0 Å². The fourth-order valence-corrected chi connectivity index (χ4v) is 0.865. The lowest BCUT2D eigenvalue weighted by Crippen LogP contribution is -2.36. The average molecular weight is 212 g/mol. The zero-order valence-corrected chi connectivity index (χ0v) is 6.93. The van der Waals surface area contributed by atoms with Crippen LogP contribution >= 0.6 is 0 Å². The highest BCUT2D eigenvalue weighted by Gasteiger charge is 2.43. The Morgan fingerprint density at radius 2 is 2.00 bits per heavy atom. The third-order valence-electron chi connectivity index (χ3n) is 1.53. The van der Waals surface area contributed by atoms with Crippen molar-refractivity contribution in [1.29, 1.82) is 0 Å². The number of ether oxygens (including phenoxy) is 1. The van der Waals surface area contributed by atoms with E-state index in [0.29, 0.717) is 6.54 Å². The van der Waals surface area contributed by atoms with E-state index in [-0.39, 0.29) is 13.2 Å². The predicted octanol–water partition coefficient (Wildman–Crippen LogP) is 0.0746. The zero-order chi connectivity index (χ0) is 10.8. The van der Waals surface area contributed by atoms with Crippen LogP contribution in [0, 0.1) is 0 Å². The molecule has 1 amide bonds. The van der Waals surface area contributed by atoms with Gasteiger partial charge in [0.25, 0.3) is 0 Å². The van der Waals surface area contributed by atoms with Crippen LogP contribution in [-0.4, -0.2) is 42.9 Å². The molecule has 1 heterocycles. The Kier molecular flexibility index (Phi) is 2.94. The topological polar surface area (TPSA) is 58.6 Å². The normalized spacial score (nSPS) is 16.9. The summed E-state index contributed by atoms with van der Waals surface area (Å²) in [6, 6.07) is 0. The first-order valence-electron chi connectivity index (χ1n) is 3.70. The number of esters is 1. The van der Waals surface area contributed by atoms with Crippen molar-refractivity contribution >= 4 is 12.1 Å². The largest absolute Gasteiger partial charge is 0.491 e. The molecule has 1 fully saturated rings. The van der Waals surface area contributed by atoms with Gasteiger partial charge in [-0.1, -0.05) is 0 Å².